The van der Waals surface area contributed by atoms with Crippen LogP contribution in [0.1, 0.15) is 29.8 Å². The van der Waals surface area contributed by atoms with Gasteiger partial charge in [-0.25, -0.2) is 0 Å². The van der Waals surface area contributed by atoms with Crippen molar-refractivity contribution in [2.45, 2.75) is 20.8 Å². The van der Waals surface area contributed by atoms with Crippen LogP contribution in [0.2, 0.25) is 0 Å². The van der Waals surface area contributed by atoms with Gasteiger partial charge < -0.3 is 10.6 Å². The van der Waals surface area contributed by atoms with E-state index in [1.807, 2.05) is 26.8 Å². The Morgan fingerprint density at radius 3 is 2.78 bits per heavy atom. The molecule has 0 heterocycles. The van der Waals surface area contributed by atoms with E-state index in [4.69, 9.17) is 11.0 Å². The second-order valence-electron chi connectivity index (χ2n) is 4.45. The van der Waals surface area contributed by atoms with Gasteiger partial charge in [-0.1, -0.05) is 6.07 Å². The minimum atomic E-state index is -0.171. The molecule has 1 unspecified atom stereocenters. The predicted octanol–water partition coefficient (Wildman–Crippen LogP) is 2.20. The Labute approximate surface area is 108 Å². The maximum absolute atomic E-state index is 12.4. The van der Waals surface area contributed by atoms with E-state index in [0.717, 1.165) is 5.56 Å². The topological polar surface area (TPSA) is 70.1 Å². The summed E-state index contributed by atoms with van der Waals surface area (Å²) >= 11 is 0. The molecule has 0 bridgehead atoms. The Morgan fingerprint density at radius 2 is 2.22 bits per heavy atom. The SMILES string of the molecule is CCN(CC(C)C#N)C(=O)c1cc(N)ccc1C. The minimum Gasteiger partial charge on any atom is -0.399 e. The number of hydrogen-bond donors (Lipinski definition) is 1. The average molecular weight is 245 g/mol. The summed E-state index contributed by atoms with van der Waals surface area (Å²) in [6, 6.07) is 7.45. The molecular formula is C14H19N3O. The van der Waals surface area contributed by atoms with Crippen molar-refractivity contribution in [1.29, 1.82) is 5.26 Å². The van der Waals surface area contributed by atoms with E-state index in [1.54, 1.807) is 17.0 Å². The quantitative estimate of drug-likeness (QED) is 0.827. The molecule has 0 aromatic heterocycles. The zero-order valence-corrected chi connectivity index (χ0v) is 11.1. The highest BCUT2D eigenvalue weighted by Gasteiger charge is 2.18. The fourth-order valence-corrected chi connectivity index (χ4v) is 1.77. The number of aryl methyl sites for hydroxylation is 1. The van der Waals surface area contributed by atoms with Crippen LogP contribution in [0.15, 0.2) is 18.2 Å². The van der Waals surface area contributed by atoms with E-state index in [2.05, 4.69) is 6.07 Å². The van der Waals surface area contributed by atoms with Crippen molar-refractivity contribution >= 4 is 11.6 Å². The van der Waals surface area contributed by atoms with Gasteiger partial charge in [0.1, 0.15) is 0 Å². The van der Waals surface area contributed by atoms with Crippen molar-refractivity contribution in [1.82, 2.24) is 4.90 Å². The first-order valence-electron chi connectivity index (χ1n) is 6.04. The molecule has 0 aliphatic heterocycles. The third-order valence-corrected chi connectivity index (χ3v) is 2.88. The lowest BCUT2D eigenvalue weighted by Gasteiger charge is -2.23. The number of benzene rings is 1. The van der Waals surface area contributed by atoms with E-state index in [0.29, 0.717) is 24.3 Å². The Balaban J connectivity index is 2.97. The molecule has 1 aromatic carbocycles. The zero-order chi connectivity index (χ0) is 13.7. The predicted molar refractivity (Wildman–Crippen MR) is 71.9 cm³/mol. The number of rotatable bonds is 4. The molecule has 0 saturated heterocycles. The molecule has 1 amide bonds. The molecule has 1 aromatic rings. The van der Waals surface area contributed by atoms with Crippen LogP contribution < -0.4 is 5.73 Å². The summed E-state index contributed by atoms with van der Waals surface area (Å²) in [5, 5.41) is 8.82. The lowest BCUT2D eigenvalue weighted by atomic mass is 10.1. The van der Waals surface area contributed by atoms with Crippen molar-refractivity contribution in [3.63, 3.8) is 0 Å². The number of carbonyl (C=O) groups is 1. The van der Waals surface area contributed by atoms with Crippen LogP contribution in [0.5, 0.6) is 0 Å². The molecule has 0 saturated carbocycles. The summed E-state index contributed by atoms with van der Waals surface area (Å²) < 4.78 is 0. The molecule has 96 valence electrons. The van der Waals surface area contributed by atoms with E-state index in [-0.39, 0.29) is 11.8 Å². The molecule has 0 aliphatic carbocycles. The second kappa shape index (κ2) is 6.06. The third kappa shape index (κ3) is 3.24. The number of anilines is 1. The molecular weight excluding hydrogens is 226 g/mol. The second-order valence-corrected chi connectivity index (χ2v) is 4.45. The van der Waals surface area contributed by atoms with Gasteiger partial charge in [0.05, 0.1) is 12.0 Å². The van der Waals surface area contributed by atoms with Gasteiger partial charge in [-0.3, -0.25) is 4.79 Å². The summed E-state index contributed by atoms with van der Waals surface area (Å²) in [6.07, 6.45) is 0. The van der Waals surface area contributed by atoms with Crippen molar-refractivity contribution in [2.75, 3.05) is 18.8 Å². The third-order valence-electron chi connectivity index (χ3n) is 2.88. The van der Waals surface area contributed by atoms with E-state index in [1.165, 1.54) is 0 Å². The van der Waals surface area contributed by atoms with Gasteiger partial charge in [0.2, 0.25) is 0 Å². The molecule has 0 radical (unpaired) electrons. The lowest BCUT2D eigenvalue weighted by molar-refractivity contribution is 0.0752. The van der Waals surface area contributed by atoms with Gasteiger partial charge in [-0.05, 0) is 38.5 Å². The van der Waals surface area contributed by atoms with Crippen LogP contribution in [-0.4, -0.2) is 23.9 Å². The van der Waals surface area contributed by atoms with Crippen LogP contribution in [0.4, 0.5) is 5.69 Å². The molecule has 1 atom stereocenters. The monoisotopic (exact) mass is 245 g/mol. The van der Waals surface area contributed by atoms with Crippen LogP contribution in [0, 0.1) is 24.2 Å². The van der Waals surface area contributed by atoms with E-state index >= 15 is 0 Å². The number of hydrogen-bond acceptors (Lipinski definition) is 3. The van der Waals surface area contributed by atoms with Gasteiger partial charge in [0.15, 0.2) is 0 Å². The van der Waals surface area contributed by atoms with Crippen molar-refractivity contribution < 1.29 is 4.79 Å². The minimum absolute atomic E-state index is 0.0654. The Bertz CT molecular complexity index is 476. The molecule has 0 aliphatic rings. The summed E-state index contributed by atoms with van der Waals surface area (Å²) in [7, 11) is 0. The van der Waals surface area contributed by atoms with Gasteiger partial charge in [0, 0.05) is 24.3 Å². The van der Waals surface area contributed by atoms with E-state index in [9.17, 15) is 4.79 Å². The summed E-state index contributed by atoms with van der Waals surface area (Å²) in [5.74, 6) is -0.236. The van der Waals surface area contributed by atoms with Gasteiger partial charge in [0.25, 0.3) is 5.91 Å². The van der Waals surface area contributed by atoms with E-state index < -0.39 is 0 Å². The number of nitriles is 1. The smallest absolute Gasteiger partial charge is 0.254 e. The highest BCUT2D eigenvalue weighted by molar-refractivity contribution is 5.96. The summed E-state index contributed by atoms with van der Waals surface area (Å²) in [6.45, 7) is 6.62. The molecule has 0 spiro atoms. The van der Waals surface area contributed by atoms with Gasteiger partial charge in [-0.2, -0.15) is 5.26 Å². The first kappa shape index (κ1) is 14.0. The van der Waals surface area contributed by atoms with Crippen LogP contribution in [-0.2, 0) is 0 Å². The average Bonchev–Trinajstić information content (AvgIpc) is 2.37. The highest BCUT2D eigenvalue weighted by Crippen LogP contribution is 2.15. The van der Waals surface area contributed by atoms with Crippen LogP contribution in [0.25, 0.3) is 0 Å². The Hall–Kier alpha value is -2.02. The summed E-state index contributed by atoms with van der Waals surface area (Å²) in [4.78, 5) is 14.0. The summed E-state index contributed by atoms with van der Waals surface area (Å²) in [5.41, 5.74) is 7.80. The van der Waals surface area contributed by atoms with Crippen LogP contribution >= 0.6 is 0 Å². The number of nitrogen functional groups attached to an aromatic ring is 1. The van der Waals surface area contributed by atoms with Gasteiger partial charge >= 0.3 is 0 Å². The van der Waals surface area contributed by atoms with Gasteiger partial charge in [-0.15, -0.1) is 0 Å². The first-order valence-corrected chi connectivity index (χ1v) is 6.04. The first-order chi connectivity index (χ1) is 8.49. The number of carbonyl (C=O) groups excluding carboxylic acids is 1. The molecule has 4 heteroatoms. The molecule has 0 fully saturated rings. The largest absolute Gasteiger partial charge is 0.399 e. The zero-order valence-electron chi connectivity index (χ0n) is 11.1. The number of amides is 1. The van der Waals surface area contributed by atoms with Crippen molar-refractivity contribution in [3.05, 3.63) is 29.3 Å². The molecule has 2 N–H and O–H groups in total. The highest BCUT2D eigenvalue weighted by atomic mass is 16.2. The number of nitrogens with zero attached hydrogens (tertiary/aromatic N) is 2. The maximum atomic E-state index is 12.4. The standard InChI is InChI=1S/C14H19N3O/c1-4-17(9-10(2)8-15)14(18)13-7-12(16)6-5-11(13)3/h5-7,10H,4,9,16H2,1-3H3. The number of nitrogens with two attached hydrogens (primary N) is 1. The van der Waals surface area contributed by atoms with Crippen LogP contribution in [0.3, 0.4) is 0 Å². The molecule has 1 rings (SSSR count). The van der Waals surface area contributed by atoms with Crippen molar-refractivity contribution in [3.8, 4) is 6.07 Å². The Kier molecular flexibility index (Phi) is 4.73. The fourth-order valence-electron chi connectivity index (χ4n) is 1.77. The lowest BCUT2D eigenvalue weighted by Crippen LogP contribution is -2.34. The normalized spacial score (nSPS) is 11.7. The molecule has 18 heavy (non-hydrogen) atoms. The fraction of sp³-hybridized carbons (Fsp3) is 0.429. The maximum Gasteiger partial charge on any atom is 0.254 e. The Morgan fingerprint density at radius 1 is 1.56 bits per heavy atom. The molecule has 4 nitrogen and oxygen atoms in total. The van der Waals surface area contributed by atoms with Crippen molar-refractivity contribution in [2.24, 2.45) is 5.92 Å².